The standard InChI is InChI=1S/C16H19NO2/c1-2-6-16(18)14-9-10-17(13-14)11-12-19-15-7-4-3-5-8-15/h3-5,7-10,13H,2,6,11-12H2,1H3. The van der Waals surface area contributed by atoms with Gasteiger partial charge in [-0.2, -0.15) is 0 Å². The molecule has 0 saturated heterocycles. The summed E-state index contributed by atoms with van der Waals surface area (Å²) in [6.07, 6.45) is 5.33. The molecular weight excluding hydrogens is 238 g/mol. The van der Waals surface area contributed by atoms with Gasteiger partial charge in [0.25, 0.3) is 0 Å². The third-order valence-electron chi connectivity index (χ3n) is 2.91. The number of nitrogens with zero attached hydrogens (tertiary/aromatic N) is 1. The number of ketones is 1. The molecule has 3 heteroatoms. The molecule has 0 saturated carbocycles. The SMILES string of the molecule is CCCC(=O)c1ccn(CCOc2ccccc2)c1. The molecular formula is C16H19NO2. The van der Waals surface area contributed by atoms with Crippen LogP contribution >= 0.6 is 0 Å². The zero-order chi connectivity index (χ0) is 13.5. The minimum atomic E-state index is 0.213. The van der Waals surface area contributed by atoms with Crippen molar-refractivity contribution in [1.82, 2.24) is 4.57 Å². The molecule has 19 heavy (non-hydrogen) atoms. The van der Waals surface area contributed by atoms with Crippen LogP contribution in [-0.2, 0) is 6.54 Å². The third-order valence-corrected chi connectivity index (χ3v) is 2.91. The summed E-state index contributed by atoms with van der Waals surface area (Å²) in [4.78, 5) is 11.7. The average molecular weight is 257 g/mol. The van der Waals surface area contributed by atoms with Crippen LogP contribution in [0.25, 0.3) is 0 Å². The molecule has 1 aromatic heterocycles. The van der Waals surface area contributed by atoms with Crippen LogP contribution in [0.5, 0.6) is 5.75 Å². The first kappa shape index (κ1) is 13.4. The number of aromatic nitrogens is 1. The maximum Gasteiger partial charge on any atom is 0.164 e. The van der Waals surface area contributed by atoms with Crippen molar-refractivity contribution in [3.8, 4) is 5.75 Å². The fourth-order valence-corrected chi connectivity index (χ4v) is 1.90. The second-order valence-electron chi connectivity index (χ2n) is 4.47. The van der Waals surface area contributed by atoms with Crippen molar-refractivity contribution < 1.29 is 9.53 Å². The average Bonchev–Trinajstić information content (AvgIpc) is 2.89. The van der Waals surface area contributed by atoms with E-state index >= 15 is 0 Å². The summed E-state index contributed by atoms with van der Waals surface area (Å²) in [5.41, 5.74) is 0.793. The van der Waals surface area contributed by atoms with Gasteiger partial charge in [-0.15, -0.1) is 0 Å². The monoisotopic (exact) mass is 257 g/mol. The largest absolute Gasteiger partial charge is 0.492 e. The molecule has 0 radical (unpaired) electrons. The van der Waals surface area contributed by atoms with E-state index in [9.17, 15) is 4.79 Å². The lowest BCUT2D eigenvalue weighted by atomic mass is 10.1. The molecule has 0 N–H and O–H groups in total. The van der Waals surface area contributed by atoms with Crippen LogP contribution < -0.4 is 4.74 Å². The van der Waals surface area contributed by atoms with Gasteiger partial charge in [-0.25, -0.2) is 0 Å². The van der Waals surface area contributed by atoms with Gasteiger partial charge in [-0.1, -0.05) is 25.1 Å². The van der Waals surface area contributed by atoms with Crippen molar-refractivity contribution in [3.63, 3.8) is 0 Å². The van der Waals surface area contributed by atoms with E-state index in [1.165, 1.54) is 0 Å². The Morgan fingerprint density at radius 2 is 2.00 bits per heavy atom. The second kappa shape index (κ2) is 6.78. The van der Waals surface area contributed by atoms with E-state index in [1.807, 2.05) is 60.3 Å². The molecule has 0 aliphatic rings. The summed E-state index contributed by atoms with van der Waals surface area (Å²) in [5, 5.41) is 0. The molecule has 1 aromatic carbocycles. The molecule has 100 valence electrons. The third kappa shape index (κ3) is 3.98. The predicted molar refractivity (Wildman–Crippen MR) is 75.6 cm³/mol. The smallest absolute Gasteiger partial charge is 0.164 e. The van der Waals surface area contributed by atoms with Crippen LogP contribution in [0.15, 0.2) is 48.8 Å². The number of ether oxygens (including phenoxy) is 1. The number of hydrogen-bond acceptors (Lipinski definition) is 2. The Balaban J connectivity index is 1.82. The molecule has 0 amide bonds. The van der Waals surface area contributed by atoms with Crippen molar-refractivity contribution in [2.75, 3.05) is 6.61 Å². The predicted octanol–water partition coefficient (Wildman–Crippen LogP) is 3.55. The lowest BCUT2D eigenvalue weighted by Gasteiger charge is -2.06. The lowest BCUT2D eigenvalue weighted by Crippen LogP contribution is -2.06. The van der Waals surface area contributed by atoms with E-state index in [0.29, 0.717) is 13.0 Å². The van der Waals surface area contributed by atoms with Crippen molar-refractivity contribution in [3.05, 3.63) is 54.4 Å². The van der Waals surface area contributed by atoms with Crippen LogP contribution in [0.1, 0.15) is 30.1 Å². The summed E-state index contributed by atoms with van der Waals surface area (Å²) >= 11 is 0. The number of Topliss-reactive ketones (excluding diaryl/α,β-unsaturated/α-hetero) is 1. The molecule has 1 heterocycles. The summed E-state index contributed by atoms with van der Waals surface area (Å²) in [5.74, 6) is 1.09. The molecule has 0 aliphatic heterocycles. The highest BCUT2D eigenvalue weighted by atomic mass is 16.5. The number of carbonyl (C=O) groups excluding carboxylic acids is 1. The van der Waals surface area contributed by atoms with Crippen molar-refractivity contribution in [2.45, 2.75) is 26.3 Å². The fourth-order valence-electron chi connectivity index (χ4n) is 1.90. The van der Waals surface area contributed by atoms with E-state index in [-0.39, 0.29) is 5.78 Å². The zero-order valence-electron chi connectivity index (χ0n) is 11.2. The van der Waals surface area contributed by atoms with E-state index < -0.39 is 0 Å². The van der Waals surface area contributed by atoms with Crippen LogP contribution in [0.2, 0.25) is 0 Å². The van der Waals surface area contributed by atoms with Crippen molar-refractivity contribution in [1.29, 1.82) is 0 Å². The Morgan fingerprint density at radius 3 is 2.74 bits per heavy atom. The quantitative estimate of drug-likeness (QED) is 0.710. The highest BCUT2D eigenvalue weighted by Gasteiger charge is 2.06. The van der Waals surface area contributed by atoms with Gasteiger partial charge in [0.05, 0.1) is 6.54 Å². The minimum Gasteiger partial charge on any atom is -0.492 e. The van der Waals surface area contributed by atoms with Crippen molar-refractivity contribution >= 4 is 5.78 Å². The molecule has 0 fully saturated rings. The number of carbonyl (C=O) groups is 1. The van der Waals surface area contributed by atoms with Crippen LogP contribution in [0, 0.1) is 0 Å². The first-order chi connectivity index (χ1) is 9.29. The number of para-hydroxylation sites is 1. The van der Waals surface area contributed by atoms with E-state index in [1.54, 1.807) is 0 Å². The maximum absolute atomic E-state index is 11.7. The van der Waals surface area contributed by atoms with Gasteiger partial charge in [-0.3, -0.25) is 4.79 Å². The first-order valence-corrected chi connectivity index (χ1v) is 6.66. The Labute approximate surface area is 113 Å². The highest BCUT2D eigenvalue weighted by molar-refractivity contribution is 5.95. The van der Waals surface area contributed by atoms with Gasteiger partial charge in [0, 0.05) is 24.4 Å². The first-order valence-electron chi connectivity index (χ1n) is 6.66. The second-order valence-corrected chi connectivity index (χ2v) is 4.47. The molecule has 2 aromatic rings. The summed E-state index contributed by atoms with van der Waals surface area (Å²) in [6, 6.07) is 11.6. The van der Waals surface area contributed by atoms with Gasteiger partial charge < -0.3 is 9.30 Å². The number of benzene rings is 1. The van der Waals surface area contributed by atoms with Gasteiger partial charge in [0.15, 0.2) is 5.78 Å². The Morgan fingerprint density at radius 1 is 1.21 bits per heavy atom. The molecule has 0 unspecified atom stereocenters. The molecule has 2 rings (SSSR count). The molecule has 3 nitrogen and oxygen atoms in total. The topological polar surface area (TPSA) is 31.2 Å². The maximum atomic E-state index is 11.7. The zero-order valence-corrected chi connectivity index (χ0v) is 11.2. The Hall–Kier alpha value is -2.03. The van der Waals surface area contributed by atoms with E-state index in [0.717, 1.165) is 24.3 Å². The minimum absolute atomic E-state index is 0.213. The van der Waals surface area contributed by atoms with Crippen LogP contribution in [0.3, 0.4) is 0 Å². The lowest BCUT2D eigenvalue weighted by molar-refractivity contribution is 0.0981. The Kier molecular flexibility index (Phi) is 4.78. The fraction of sp³-hybridized carbons (Fsp3) is 0.312. The normalized spacial score (nSPS) is 10.4. The van der Waals surface area contributed by atoms with E-state index in [4.69, 9.17) is 4.74 Å². The van der Waals surface area contributed by atoms with Crippen LogP contribution in [0.4, 0.5) is 0 Å². The molecule has 0 aliphatic carbocycles. The molecule has 0 spiro atoms. The number of hydrogen-bond donors (Lipinski definition) is 0. The van der Waals surface area contributed by atoms with Gasteiger partial charge in [0.1, 0.15) is 12.4 Å². The molecule has 0 atom stereocenters. The summed E-state index contributed by atoms with van der Waals surface area (Å²) in [6.45, 7) is 3.36. The Bertz CT molecular complexity index is 517. The number of rotatable bonds is 7. The highest BCUT2D eigenvalue weighted by Crippen LogP contribution is 2.09. The molecule has 0 bridgehead atoms. The van der Waals surface area contributed by atoms with Crippen molar-refractivity contribution in [2.24, 2.45) is 0 Å². The van der Waals surface area contributed by atoms with Gasteiger partial charge in [0.2, 0.25) is 0 Å². The summed E-state index contributed by atoms with van der Waals surface area (Å²) < 4.78 is 7.61. The van der Waals surface area contributed by atoms with E-state index in [2.05, 4.69) is 0 Å². The van der Waals surface area contributed by atoms with Crippen LogP contribution in [-0.4, -0.2) is 17.0 Å². The summed E-state index contributed by atoms with van der Waals surface area (Å²) in [7, 11) is 0. The van der Waals surface area contributed by atoms with Gasteiger partial charge in [-0.05, 0) is 24.6 Å². The van der Waals surface area contributed by atoms with Gasteiger partial charge >= 0.3 is 0 Å².